The minimum absolute atomic E-state index is 0.115. The number of thioether (sulfide) groups is 1. The Morgan fingerprint density at radius 2 is 1.78 bits per heavy atom. The lowest BCUT2D eigenvalue weighted by Crippen LogP contribution is -2.40. The third-order valence-electron chi connectivity index (χ3n) is 5.15. The maximum Gasteiger partial charge on any atom is 0.338 e. The number of allylic oxidation sites excluding steroid dienone is 1. The largest absolute Gasteiger partial charge is 0.457 e. The first-order valence-electron chi connectivity index (χ1n) is 10.1. The number of rotatable bonds is 5. The van der Waals surface area contributed by atoms with Crippen LogP contribution in [0, 0.1) is 0 Å². The van der Waals surface area contributed by atoms with Gasteiger partial charge in [0.2, 0.25) is 5.91 Å². The molecule has 2 heterocycles. The van der Waals surface area contributed by atoms with Crippen molar-refractivity contribution < 1.29 is 23.9 Å². The summed E-state index contributed by atoms with van der Waals surface area (Å²) in [5.74, 6) is -0.690. The van der Waals surface area contributed by atoms with E-state index in [0.717, 1.165) is 5.56 Å². The van der Waals surface area contributed by atoms with Crippen molar-refractivity contribution in [2.45, 2.75) is 38.7 Å². The standard InChI is InChI=1S/C24H22N2O5S/c1-14-20(23(29)30-13-17-7-5-4-6-8-17)21(26-22(28)15(2)32-24(26)25-14)18-9-11-19(12-10-18)31-16(3)27/h4-12,15,21H,13H2,1-3H3. The van der Waals surface area contributed by atoms with Gasteiger partial charge in [-0.15, -0.1) is 0 Å². The van der Waals surface area contributed by atoms with Crippen LogP contribution >= 0.6 is 11.8 Å². The van der Waals surface area contributed by atoms with Gasteiger partial charge in [-0.1, -0.05) is 54.2 Å². The van der Waals surface area contributed by atoms with E-state index in [-0.39, 0.29) is 17.8 Å². The molecular weight excluding hydrogens is 428 g/mol. The van der Waals surface area contributed by atoms with Gasteiger partial charge in [-0.05, 0) is 37.1 Å². The molecule has 2 aromatic rings. The number of ether oxygens (including phenoxy) is 2. The molecule has 164 valence electrons. The van der Waals surface area contributed by atoms with Crippen LogP contribution < -0.4 is 4.74 Å². The zero-order valence-electron chi connectivity index (χ0n) is 17.9. The fourth-order valence-electron chi connectivity index (χ4n) is 3.66. The van der Waals surface area contributed by atoms with Crippen LogP contribution in [0.5, 0.6) is 5.75 Å². The molecule has 2 aliphatic rings. The van der Waals surface area contributed by atoms with Crippen LogP contribution in [-0.4, -0.2) is 33.2 Å². The summed E-state index contributed by atoms with van der Waals surface area (Å²) in [6.07, 6.45) is 0. The molecular formula is C24H22N2O5S. The Kier molecular flexibility index (Phi) is 6.14. The van der Waals surface area contributed by atoms with Crippen LogP contribution in [0.4, 0.5) is 0 Å². The lowest BCUT2D eigenvalue weighted by atomic mass is 9.94. The maximum absolute atomic E-state index is 13.2. The summed E-state index contributed by atoms with van der Waals surface area (Å²) in [5.41, 5.74) is 2.39. The first-order valence-corrected chi connectivity index (χ1v) is 11.0. The monoisotopic (exact) mass is 450 g/mol. The van der Waals surface area contributed by atoms with Crippen molar-refractivity contribution in [3.8, 4) is 5.75 Å². The Morgan fingerprint density at radius 1 is 1.09 bits per heavy atom. The number of carbonyl (C=O) groups is 3. The predicted molar refractivity (Wildman–Crippen MR) is 121 cm³/mol. The molecule has 0 radical (unpaired) electrons. The van der Waals surface area contributed by atoms with Gasteiger partial charge in [-0.3, -0.25) is 14.5 Å². The quantitative estimate of drug-likeness (QED) is 0.506. The average Bonchev–Trinajstić information content (AvgIpc) is 3.05. The SMILES string of the molecule is CC(=O)Oc1ccc(C2C(C(=O)OCc3ccccc3)=C(C)N=C3SC(C)C(=O)N32)cc1. The average molecular weight is 451 g/mol. The van der Waals surface area contributed by atoms with Crippen molar-refractivity contribution in [3.05, 3.63) is 77.0 Å². The summed E-state index contributed by atoms with van der Waals surface area (Å²) in [5, 5.41) is 0.262. The van der Waals surface area contributed by atoms with E-state index in [1.54, 1.807) is 36.1 Å². The molecule has 1 fully saturated rings. The van der Waals surface area contributed by atoms with Gasteiger partial charge in [0.05, 0.1) is 22.6 Å². The van der Waals surface area contributed by atoms with E-state index in [0.29, 0.717) is 27.8 Å². The predicted octanol–water partition coefficient (Wildman–Crippen LogP) is 4.00. The highest BCUT2D eigenvalue weighted by Crippen LogP contribution is 2.43. The highest BCUT2D eigenvalue weighted by molar-refractivity contribution is 8.15. The van der Waals surface area contributed by atoms with E-state index in [4.69, 9.17) is 9.47 Å². The third-order valence-corrected chi connectivity index (χ3v) is 6.20. The molecule has 0 aromatic heterocycles. The zero-order chi connectivity index (χ0) is 22.8. The lowest BCUT2D eigenvalue weighted by molar-refractivity contribution is -0.141. The highest BCUT2D eigenvalue weighted by Gasteiger charge is 2.46. The van der Waals surface area contributed by atoms with Gasteiger partial charge in [-0.25, -0.2) is 9.79 Å². The molecule has 2 aliphatic heterocycles. The molecule has 8 heteroatoms. The second-order valence-electron chi connectivity index (χ2n) is 7.49. The topological polar surface area (TPSA) is 85.3 Å². The summed E-state index contributed by atoms with van der Waals surface area (Å²) in [4.78, 5) is 43.5. The van der Waals surface area contributed by atoms with Gasteiger partial charge in [0.25, 0.3) is 0 Å². The summed E-state index contributed by atoms with van der Waals surface area (Å²) in [7, 11) is 0. The van der Waals surface area contributed by atoms with Crippen molar-refractivity contribution in [3.63, 3.8) is 0 Å². The Hall–Kier alpha value is -3.39. The van der Waals surface area contributed by atoms with E-state index in [1.165, 1.54) is 18.7 Å². The van der Waals surface area contributed by atoms with Crippen LogP contribution in [0.2, 0.25) is 0 Å². The molecule has 2 atom stereocenters. The number of esters is 2. The minimum Gasteiger partial charge on any atom is -0.457 e. The number of amides is 1. The molecule has 0 bridgehead atoms. The Labute approximate surface area is 190 Å². The van der Waals surface area contributed by atoms with E-state index in [2.05, 4.69) is 4.99 Å². The number of carbonyl (C=O) groups excluding carboxylic acids is 3. The first kappa shape index (κ1) is 21.8. The van der Waals surface area contributed by atoms with Gasteiger partial charge in [0, 0.05) is 6.92 Å². The van der Waals surface area contributed by atoms with E-state index in [9.17, 15) is 14.4 Å². The second kappa shape index (κ2) is 9.00. The summed E-state index contributed by atoms with van der Waals surface area (Å²) in [6, 6.07) is 15.5. The highest BCUT2D eigenvalue weighted by atomic mass is 32.2. The second-order valence-corrected chi connectivity index (χ2v) is 8.80. The molecule has 2 aromatic carbocycles. The van der Waals surface area contributed by atoms with Gasteiger partial charge < -0.3 is 9.47 Å². The molecule has 0 aliphatic carbocycles. The van der Waals surface area contributed by atoms with Gasteiger partial charge >= 0.3 is 11.9 Å². The van der Waals surface area contributed by atoms with E-state index in [1.807, 2.05) is 37.3 Å². The Balaban J connectivity index is 1.69. The summed E-state index contributed by atoms with van der Waals surface area (Å²) in [6.45, 7) is 5.01. The van der Waals surface area contributed by atoms with Crippen LogP contribution in [0.25, 0.3) is 0 Å². The molecule has 0 spiro atoms. The molecule has 2 unspecified atom stereocenters. The van der Waals surface area contributed by atoms with Crippen molar-refractivity contribution in [1.82, 2.24) is 4.90 Å². The minimum atomic E-state index is -0.679. The fraction of sp³-hybridized carbons (Fsp3) is 0.250. The summed E-state index contributed by atoms with van der Waals surface area (Å²) >= 11 is 1.37. The number of benzene rings is 2. The molecule has 4 rings (SSSR count). The Bertz CT molecular complexity index is 1120. The number of aliphatic imine (C=N–C) groups is 1. The molecule has 0 saturated carbocycles. The van der Waals surface area contributed by atoms with Crippen LogP contribution in [0.1, 0.15) is 37.9 Å². The maximum atomic E-state index is 13.2. The third kappa shape index (κ3) is 4.31. The van der Waals surface area contributed by atoms with Crippen molar-refractivity contribution in [2.24, 2.45) is 4.99 Å². The van der Waals surface area contributed by atoms with E-state index < -0.39 is 18.0 Å². The number of hydrogen-bond acceptors (Lipinski definition) is 7. The molecule has 1 amide bonds. The summed E-state index contributed by atoms with van der Waals surface area (Å²) < 4.78 is 10.7. The first-order chi connectivity index (χ1) is 15.3. The van der Waals surface area contributed by atoms with Crippen LogP contribution in [0.15, 0.2) is 70.9 Å². The number of nitrogens with zero attached hydrogens (tertiary/aromatic N) is 2. The van der Waals surface area contributed by atoms with Crippen LogP contribution in [0.3, 0.4) is 0 Å². The lowest BCUT2D eigenvalue weighted by Gasteiger charge is -2.33. The Morgan fingerprint density at radius 3 is 2.44 bits per heavy atom. The van der Waals surface area contributed by atoms with Crippen molar-refractivity contribution in [2.75, 3.05) is 0 Å². The normalized spacial score (nSPS) is 20.0. The number of amidine groups is 1. The molecule has 0 N–H and O–H groups in total. The number of fused-ring (bicyclic) bond motifs is 1. The van der Waals surface area contributed by atoms with Gasteiger partial charge in [-0.2, -0.15) is 0 Å². The smallest absolute Gasteiger partial charge is 0.338 e. The van der Waals surface area contributed by atoms with Crippen molar-refractivity contribution >= 4 is 34.8 Å². The molecule has 1 saturated heterocycles. The van der Waals surface area contributed by atoms with Gasteiger partial charge in [0.1, 0.15) is 12.4 Å². The molecule has 32 heavy (non-hydrogen) atoms. The van der Waals surface area contributed by atoms with Gasteiger partial charge in [0.15, 0.2) is 5.17 Å². The fourth-order valence-corrected chi connectivity index (χ4v) is 4.69. The van der Waals surface area contributed by atoms with Crippen LogP contribution in [-0.2, 0) is 25.7 Å². The van der Waals surface area contributed by atoms with Crippen molar-refractivity contribution in [1.29, 1.82) is 0 Å². The number of hydrogen-bond donors (Lipinski definition) is 0. The molecule has 7 nitrogen and oxygen atoms in total. The zero-order valence-corrected chi connectivity index (χ0v) is 18.7. The van der Waals surface area contributed by atoms with E-state index >= 15 is 0 Å².